The summed E-state index contributed by atoms with van der Waals surface area (Å²) >= 11 is 3.59. The Morgan fingerprint density at radius 2 is 2.03 bits per heavy atom. The number of ether oxygens (including phenoxy) is 2. The van der Waals surface area contributed by atoms with Gasteiger partial charge in [0.2, 0.25) is 0 Å². The average molecular weight is 471 g/mol. The summed E-state index contributed by atoms with van der Waals surface area (Å²) in [5.74, 6) is 0.471. The van der Waals surface area contributed by atoms with Crippen LogP contribution in [0.5, 0.6) is 5.75 Å². The lowest BCUT2D eigenvalue weighted by Gasteiger charge is -2.13. The third-order valence-corrected chi connectivity index (χ3v) is 6.27. The molecule has 0 N–H and O–H groups in total. The minimum Gasteiger partial charge on any atom is -0.487 e. The van der Waals surface area contributed by atoms with E-state index in [-0.39, 0.29) is 12.4 Å². The summed E-state index contributed by atoms with van der Waals surface area (Å²) in [6.07, 6.45) is 5.08. The predicted molar refractivity (Wildman–Crippen MR) is 121 cm³/mol. The van der Waals surface area contributed by atoms with Gasteiger partial charge in [0.1, 0.15) is 18.1 Å². The minimum atomic E-state index is -0.239. The molecule has 0 amide bonds. The summed E-state index contributed by atoms with van der Waals surface area (Å²) in [5.41, 5.74) is 3.96. The van der Waals surface area contributed by atoms with Crippen LogP contribution in [0.15, 0.2) is 40.9 Å². The fraction of sp³-hybridized carbons (Fsp3) is 0.417. The van der Waals surface area contributed by atoms with Gasteiger partial charge in [0, 0.05) is 15.4 Å². The van der Waals surface area contributed by atoms with Gasteiger partial charge in [-0.3, -0.25) is 9.48 Å². The first-order chi connectivity index (χ1) is 14.6. The van der Waals surface area contributed by atoms with Crippen LogP contribution in [0.2, 0.25) is 0 Å². The largest absolute Gasteiger partial charge is 0.487 e. The molecule has 158 valence electrons. The standard InChI is InChI=1S/C24H27BrN2O3/c1-3-29-24(28)14-19-16(2)7-6-10-23(19)30-15-21-20-13-17(25)11-12-22(20)27(26-21)18-8-4-5-9-18/h6-7,10-13,18H,3-5,8-9,14-15H2,1-2H3. The van der Waals surface area contributed by atoms with E-state index in [9.17, 15) is 4.79 Å². The van der Waals surface area contributed by atoms with Crippen LogP contribution in [-0.2, 0) is 22.6 Å². The maximum Gasteiger partial charge on any atom is 0.310 e. The summed E-state index contributed by atoms with van der Waals surface area (Å²) in [6, 6.07) is 12.6. The molecular formula is C24H27BrN2O3. The molecule has 1 aliphatic rings. The van der Waals surface area contributed by atoms with Crippen LogP contribution >= 0.6 is 15.9 Å². The van der Waals surface area contributed by atoms with Crippen molar-refractivity contribution in [3.05, 3.63) is 57.7 Å². The monoisotopic (exact) mass is 470 g/mol. The van der Waals surface area contributed by atoms with Gasteiger partial charge < -0.3 is 9.47 Å². The predicted octanol–water partition coefficient (Wildman–Crippen LogP) is 5.91. The van der Waals surface area contributed by atoms with Crippen molar-refractivity contribution in [1.82, 2.24) is 9.78 Å². The van der Waals surface area contributed by atoms with Crippen LogP contribution in [0.1, 0.15) is 55.5 Å². The van der Waals surface area contributed by atoms with Crippen LogP contribution in [0, 0.1) is 6.92 Å². The average Bonchev–Trinajstić information content (AvgIpc) is 3.36. The molecule has 3 aromatic rings. The highest BCUT2D eigenvalue weighted by molar-refractivity contribution is 9.10. The number of nitrogens with zero attached hydrogens (tertiary/aromatic N) is 2. The molecule has 2 aromatic carbocycles. The van der Waals surface area contributed by atoms with Crippen LogP contribution in [0.3, 0.4) is 0 Å². The molecule has 5 nitrogen and oxygen atoms in total. The summed E-state index contributed by atoms with van der Waals surface area (Å²) in [4.78, 5) is 12.1. The first-order valence-corrected chi connectivity index (χ1v) is 11.4. The van der Waals surface area contributed by atoms with E-state index in [0.29, 0.717) is 25.0 Å². The maximum atomic E-state index is 12.1. The second kappa shape index (κ2) is 9.21. The normalized spacial score (nSPS) is 14.4. The molecule has 0 spiro atoms. The van der Waals surface area contributed by atoms with E-state index in [4.69, 9.17) is 14.6 Å². The summed E-state index contributed by atoms with van der Waals surface area (Å²) in [6.45, 7) is 4.53. The number of aromatic nitrogens is 2. The Balaban J connectivity index is 1.62. The quantitative estimate of drug-likeness (QED) is 0.402. The fourth-order valence-electron chi connectivity index (χ4n) is 4.25. The SMILES string of the molecule is CCOC(=O)Cc1c(C)cccc1OCc1nn(C2CCCC2)c2ccc(Br)cc12. The van der Waals surface area contributed by atoms with E-state index in [1.807, 2.05) is 32.0 Å². The number of hydrogen-bond acceptors (Lipinski definition) is 4. The van der Waals surface area contributed by atoms with Gasteiger partial charge in [0.25, 0.3) is 0 Å². The molecule has 0 saturated heterocycles. The van der Waals surface area contributed by atoms with Crippen molar-refractivity contribution >= 4 is 32.8 Å². The lowest BCUT2D eigenvalue weighted by Crippen LogP contribution is -2.11. The number of esters is 1. The van der Waals surface area contributed by atoms with E-state index >= 15 is 0 Å². The molecule has 1 aliphatic carbocycles. The zero-order chi connectivity index (χ0) is 21.1. The molecule has 1 aromatic heterocycles. The Morgan fingerprint density at radius 1 is 1.23 bits per heavy atom. The highest BCUT2D eigenvalue weighted by atomic mass is 79.9. The second-order valence-electron chi connectivity index (χ2n) is 7.81. The first-order valence-electron chi connectivity index (χ1n) is 10.6. The molecule has 0 unspecified atom stereocenters. The Kier molecular flexibility index (Phi) is 6.42. The van der Waals surface area contributed by atoms with Crippen LogP contribution in [0.25, 0.3) is 10.9 Å². The molecule has 1 heterocycles. The van der Waals surface area contributed by atoms with E-state index in [1.54, 1.807) is 0 Å². The number of carbonyl (C=O) groups is 1. The fourth-order valence-corrected chi connectivity index (χ4v) is 4.61. The van der Waals surface area contributed by atoms with Gasteiger partial charge in [-0.1, -0.05) is 40.9 Å². The van der Waals surface area contributed by atoms with Gasteiger partial charge in [0.15, 0.2) is 0 Å². The molecule has 1 saturated carbocycles. The number of hydrogen-bond donors (Lipinski definition) is 0. The zero-order valence-corrected chi connectivity index (χ0v) is 19.1. The molecule has 0 aliphatic heterocycles. The summed E-state index contributed by atoms with van der Waals surface area (Å²) < 4.78 is 14.6. The number of benzene rings is 2. The molecule has 30 heavy (non-hydrogen) atoms. The molecule has 0 bridgehead atoms. The Bertz CT molecular complexity index is 1050. The Morgan fingerprint density at radius 3 is 2.80 bits per heavy atom. The third-order valence-electron chi connectivity index (χ3n) is 5.77. The van der Waals surface area contributed by atoms with Crippen LogP contribution < -0.4 is 4.74 Å². The minimum absolute atomic E-state index is 0.207. The number of carbonyl (C=O) groups excluding carboxylic acids is 1. The lowest BCUT2D eigenvalue weighted by molar-refractivity contribution is -0.142. The van der Waals surface area contributed by atoms with Gasteiger partial charge in [-0.05, 0) is 56.5 Å². The van der Waals surface area contributed by atoms with Crippen LogP contribution in [0.4, 0.5) is 0 Å². The first kappa shape index (κ1) is 20.9. The van der Waals surface area contributed by atoms with Crippen molar-refractivity contribution in [3.63, 3.8) is 0 Å². The molecule has 1 fully saturated rings. The van der Waals surface area contributed by atoms with Crippen molar-refractivity contribution in [2.24, 2.45) is 0 Å². The van der Waals surface area contributed by atoms with Gasteiger partial charge in [0.05, 0.1) is 24.6 Å². The van der Waals surface area contributed by atoms with Crippen molar-refractivity contribution in [2.75, 3.05) is 6.61 Å². The molecule has 4 rings (SSSR count). The van der Waals surface area contributed by atoms with Gasteiger partial charge in [-0.25, -0.2) is 0 Å². The number of aryl methyl sites for hydroxylation is 1. The van der Waals surface area contributed by atoms with E-state index in [0.717, 1.165) is 32.2 Å². The molecule has 6 heteroatoms. The second-order valence-corrected chi connectivity index (χ2v) is 8.73. The van der Waals surface area contributed by atoms with E-state index < -0.39 is 0 Å². The third kappa shape index (κ3) is 4.38. The van der Waals surface area contributed by atoms with Crippen molar-refractivity contribution < 1.29 is 14.3 Å². The molecule has 0 radical (unpaired) electrons. The van der Waals surface area contributed by atoms with Gasteiger partial charge >= 0.3 is 5.97 Å². The number of halogens is 1. The highest BCUT2D eigenvalue weighted by Crippen LogP contribution is 2.34. The van der Waals surface area contributed by atoms with Gasteiger partial charge in [-0.2, -0.15) is 5.10 Å². The van der Waals surface area contributed by atoms with E-state index in [2.05, 4.69) is 38.8 Å². The van der Waals surface area contributed by atoms with Gasteiger partial charge in [-0.15, -0.1) is 0 Å². The molecule has 0 atom stereocenters. The lowest BCUT2D eigenvalue weighted by atomic mass is 10.0. The summed E-state index contributed by atoms with van der Waals surface area (Å²) in [5, 5.41) is 6.06. The molecular weight excluding hydrogens is 444 g/mol. The highest BCUT2D eigenvalue weighted by Gasteiger charge is 2.22. The van der Waals surface area contributed by atoms with Crippen LogP contribution in [-0.4, -0.2) is 22.4 Å². The Hall–Kier alpha value is -2.34. The van der Waals surface area contributed by atoms with Crippen molar-refractivity contribution in [3.8, 4) is 5.75 Å². The van der Waals surface area contributed by atoms with E-state index in [1.165, 1.54) is 25.7 Å². The zero-order valence-electron chi connectivity index (χ0n) is 17.5. The van der Waals surface area contributed by atoms with Crippen molar-refractivity contribution in [1.29, 1.82) is 0 Å². The maximum absolute atomic E-state index is 12.1. The smallest absolute Gasteiger partial charge is 0.310 e. The summed E-state index contributed by atoms with van der Waals surface area (Å²) in [7, 11) is 0. The van der Waals surface area contributed by atoms with Crippen molar-refractivity contribution in [2.45, 2.75) is 58.6 Å². The Labute approximate surface area is 185 Å². The number of fused-ring (bicyclic) bond motifs is 1. The number of rotatable bonds is 7. The topological polar surface area (TPSA) is 53.4 Å².